The average molecular weight is 581 g/mol. The molecule has 0 spiro atoms. The van der Waals surface area contributed by atoms with Gasteiger partial charge in [-0.15, -0.1) is 0 Å². The van der Waals surface area contributed by atoms with Crippen molar-refractivity contribution in [1.29, 1.82) is 0 Å². The first kappa shape index (κ1) is 28.2. The van der Waals surface area contributed by atoms with Gasteiger partial charge >= 0.3 is 12.1 Å². The van der Waals surface area contributed by atoms with E-state index in [4.69, 9.17) is 25.5 Å². The van der Waals surface area contributed by atoms with Crippen molar-refractivity contribution in [3.05, 3.63) is 105 Å². The van der Waals surface area contributed by atoms with Gasteiger partial charge in [0.05, 0.1) is 17.6 Å². The molecule has 1 heterocycles. The molecule has 210 valence electrons. The third kappa shape index (κ3) is 5.93. The fourth-order valence-electron chi connectivity index (χ4n) is 4.70. The quantitative estimate of drug-likeness (QED) is 0.109. The Morgan fingerprint density at radius 3 is 2.34 bits per heavy atom. The van der Waals surface area contributed by atoms with Gasteiger partial charge in [-0.2, -0.15) is 13.2 Å². The Morgan fingerprint density at radius 1 is 0.902 bits per heavy atom. The molecule has 1 aromatic heterocycles. The summed E-state index contributed by atoms with van der Waals surface area (Å²) in [7, 11) is 0. The van der Waals surface area contributed by atoms with Crippen LogP contribution >= 0.6 is 11.6 Å². The molecule has 0 saturated heterocycles. The molecule has 0 aliphatic heterocycles. The maximum atomic E-state index is 14.2. The van der Waals surface area contributed by atoms with E-state index in [-0.39, 0.29) is 35.3 Å². The van der Waals surface area contributed by atoms with Gasteiger partial charge in [-0.05, 0) is 72.0 Å². The third-order valence-corrected chi connectivity index (χ3v) is 7.21. The number of alkyl halides is 3. The zero-order valence-corrected chi connectivity index (χ0v) is 22.9. The summed E-state index contributed by atoms with van der Waals surface area (Å²) >= 11 is 6.17. The van der Waals surface area contributed by atoms with Gasteiger partial charge in [-0.3, -0.25) is 9.59 Å². The molecular weight excluding hydrogens is 557 g/mol. The van der Waals surface area contributed by atoms with Crippen LogP contribution in [-0.4, -0.2) is 12.6 Å². The summed E-state index contributed by atoms with van der Waals surface area (Å²) in [5, 5.41) is 1.77. The Hall–Kier alpha value is -4.30. The van der Waals surface area contributed by atoms with Gasteiger partial charge in [-0.1, -0.05) is 54.1 Å². The number of carbonyl (C=O) groups excluding carboxylic acids is 1. The van der Waals surface area contributed by atoms with Crippen LogP contribution in [0.3, 0.4) is 0 Å². The van der Waals surface area contributed by atoms with Crippen molar-refractivity contribution in [2.75, 3.05) is 6.61 Å². The lowest BCUT2D eigenvalue weighted by atomic mass is 9.96. The van der Waals surface area contributed by atoms with Crippen LogP contribution in [0, 0.1) is 13.8 Å². The van der Waals surface area contributed by atoms with Crippen molar-refractivity contribution in [1.82, 2.24) is 0 Å². The predicted molar refractivity (Wildman–Crippen MR) is 152 cm³/mol. The van der Waals surface area contributed by atoms with Crippen LogP contribution < -0.4 is 14.9 Å². The zero-order valence-electron chi connectivity index (χ0n) is 22.1. The van der Waals surface area contributed by atoms with E-state index < -0.39 is 28.9 Å². The van der Waals surface area contributed by atoms with Gasteiger partial charge < -0.3 is 13.9 Å². The van der Waals surface area contributed by atoms with Gasteiger partial charge in [0.1, 0.15) is 17.1 Å². The van der Waals surface area contributed by atoms with Crippen LogP contribution in [0.15, 0.2) is 82.0 Å². The number of rotatable bonds is 7. The number of aryl methyl sites for hydroxylation is 2. The normalized spacial score (nSPS) is 11.7. The number of benzene rings is 4. The molecule has 0 unspecified atom stereocenters. The lowest BCUT2D eigenvalue weighted by Crippen LogP contribution is -2.16. The van der Waals surface area contributed by atoms with Crippen molar-refractivity contribution in [3.63, 3.8) is 0 Å². The van der Waals surface area contributed by atoms with Gasteiger partial charge in [0.15, 0.2) is 0 Å². The van der Waals surface area contributed by atoms with Gasteiger partial charge in [0, 0.05) is 17.5 Å². The average Bonchev–Trinajstić information content (AvgIpc) is 2.93. The minimum Gasteiger partial charge on any atom is -0.494 e. The van der Waals surface area contributed by atoms with Gasteiger partial charge in [0.25, 0.3) is 0 Å². The molecule has 4 aromatic carbocycles. The molecule has 5 rings (SSSR count). The topological polar surface area (TPSA) is 65.7 Å². The van der Waals surface area contributed by atoms with E-state index in [2.05, 4.69) is 0 Å². The van der Waals surface area contributed by atoms with Crippen molar-refractivity contribution >= 4 is 39.3 Å². The van der Waals surface area contributed by atoms with Crippen LogP contribution in [0.2, 0.25) is 5.02 Å². The fraction of sp³-hybridized carbons (Fsp3) is 0.188. The first-order valence-electron chi connectivity index (χ1n) is 12.8. The molecule has 0 aliphatic rings. The lowest BCUT2D eigenvalue weighted by Gasteiger charge is -2.14. The zero-order chi connectivity index (χ0) is 29.3. The van der Waals surface area contributed by atoms with E-state index in [1.165, 1.54) is 18.2 Å². The molecule has 9 heteroatoms. The highest BCUT2D eigenvalue weighted by atomic mass is 35.5. The van der Waals surface area contributed by atoms with E-state index in [1.54, 1.807) is 48.5 Å². The van der Waals surface area contributed by atoms with Crippen molar-refractivity contribution in [2.45, 2.75) is 32.9 Å². The van der Waals surface area contributed by atoms with E-state index in [0.29, 0.717) is 28.0 Å². The largest absolute Gasteiger partial charge is 0.494 e. The van der Waals surface area contributed by atoms with E-state index in [0.717, 1.165) is 17.2 Å². The van der Waals surface area contributed by atoms with Crippen LogP contribution in [-0.2, 0) is 11.0 Å². The number of ether oxygens (including phenoxy) is 2. The van der Waals surface area contributed by atoms with Crippen molar-refractivity contribution in [3.8, 4) is 22.6 Å². The highest BCUT2D eigenvalue weighted by molar-refractivity contribution is 6.32. The predicted octanol–water partition coefficient (Wildman–Crippen LogP) is 8.67. The van der Waals surface area contributed by atoms with Crippen molar-refractivity contribution < 1.29 is 31.9 Å². The van der Waals surface area contributed by atoms with Crippen molar-refractivity contribution in [2.24, 2.45) is 0 Å². The van der Waals surface area contributed by atoms with Crippen LogP contribution in [0.1, 0.15) is 29.7 Å². The number of fused-ring (bicyclic) bond motifs is 2. The lowest BCUT2D eigenvalue weighted by molar-refractivity contribution is -0.152. The van der Waals surface area contributed by atoms with E-state index >= 15 is 0 Å². The number of hydrogen-bond donors (Lipinski definition) is 0. The maximum Gasteiger partial charge on any atom is 0.450 e. The third-order valence-electron chi connectivity index (χ3n) is 6.62. The van der Waals surface area contributed by atoms with Crippen LogP contribution in [0.5, 0.6) is 11.5 Å². The summed E-state index contributed by atoms with van der Waals surface area (Å²) in [6.07, 6.45) is -4.61. The fourth-order valence-corrected chi connectivity index (χ4v) is 4.81. The monoisotopic (exact) mass is 580 g/mol. The summed E-state index contributed by atoms with van der Waals surface area (Å²) in [5.74, 6) is -1.44. The highest BCUT2D eigenvalue weighted by Crippen LogP contribution is 2.40. The molecule has 0 N–H and O–H groups in total. The highest BCUT2D eigenvalue weighted by Gasteiger charge is 2.39. The SMILES string of the molecule is Cc1cc(OCCCC(=O)Oc2ccc3c(=O)c(-c4cccc5ccccc45)c(C(F)(F)F)oc3c2)cc(C)c1Cl. The first-order valence-corrected chi connectivity index (χ1v) is 13.2. The second-order valence-corrected chi connectivity index (χ2v) is 9.99. The Kier molecular flexibility index (Phi) is 7.78. The number of hydrogen-bond acceptors (Lipinski definition) is 5. The molecule has 5 nitrogen and oxygen atoms in total. The molecule has 41 heavy (non-hydrogen) atoms. The first-order chi connectivity index (χ1) is 19.5. The van der Waals surface area contributed by atoms with Crippen LogP contribution in [0.4, 0.5) is 13.2 Å². The molecule has 0 saturated carbocycles. The Labute approximate surface area is 238 Å². The second-order valence-electron chi connectivity index (χ2n) is 9.61. The van der Waals surface area contributed by atoms with Gasteiger partial charge in [0.2, 0.25) is 11.2 Å². The Balaban J connectivity index is 1.37. The summed E-state index contributed by atoms with van der Waals surface area (Å²) in [5.41, 5.74) is 0.125. The molecule has 0 aliphatic carbocycles. The molecule has 0 amide bonds. The minimum absolute atomic E-state index is 0.00135. The summed E-state index contributed by atoms with van der Waals surface area (Å²) in [6, 6.07) is 19.0. The Bertz CT molecular complexity index is 1810. The summed E-state index contributed by atoms with van der Waals surface area (Å²) in [6.45, 7) is 3.98. The summed E-state index contributed by atoms with van der Waals surface area (Å²) < 4.78 is 58.8. The van der Waals surface area contributed by atoms with Crippen LogP contribution in [0.25, 0.3) is 32.9 Å². The minimum atomic E-state index is -4.95. The Morgan fingerprint density at radius 2 is 1.61 bits per heavy atom. The van der Waals surface area contributed by atoms with E-state index in [9.17, 15) is 22.8 Å². The van der Waals surface area contributed by atoms with E-state index in [1.807, 2.05) is 13.8 Å². The molecule has 0 fully saturated rings. The molecule has 0 atom stereocenters. The summed E-state index contributed by atoms with van der Waals surface area (Å²) in [4.78, 5) is 25.8. The number of halogens is 4. The van der Waals surface area contributed by atoms with Gasteiger partial charge in [-0.25, -0.2) is 0 Å². The molecule has 0 radical (unpaired) electrons. The molecule has 0 bridgehead atoms. The smallest absolute Gasteiger partial charge is 0.450 e. The number of esters is 1. The molecular formula is C32H24ClF3O5. The second kappa shape index (κ2) is 11.3. The maximum absolute atomic E-state index is 14.2. The molecule has 5 aromatic rings. The number of carbonyl (C=O) groups is 1. The standard InChI is InChI=1S/C32H24ClF3O5/c1-18-15-22(16-19(2)29(18)33)39-14-6-11-27(37)40-21-12-13-25-26(17-21)41-31(32(34,35)36)28(30(25)38)24-10-5-8-20-7-3-4-9-23(20)24/h3-5,7-10,12-13,15-17H,6,11,14H2,1-2H3.